The zero-order valence-corrected chi connectivity index (χ0v) is 12.5. The Bertz CT molecular complexity index is 459. The molecule has 1 amide bonds. The van der Waals surface area contributed by atoms with Gasteiger partial charge in [0.05, 0.1) is 12.1 Å². The van der Waals surface area contributed by atoms with Crippen LogP contribution in [0.1, 0.15) is 19.4 Å². The number of amides is 1. The van der Waals surface area contributed by atoms with Crippen LogP contribution in [0, 0.1) is 5.92 Å². The predicted molar refractivity (Wildman–Crippen MR) is 79.1 cm³/mol. The van der Waals surface area contributed by atoms with Crippen LogP contribution in [0.3, 0.4) is 0 Å². The molecular weight excluding hydrogens is 252 g/mol. The van der Waals surface area contributed by atoms with E-state index in [4.69, 9.17) is 0 Å². The van der Waals surface area contributed by atoms with Gasteiger partial charge in [-0.2, -0.15) is 0 Å². The number of benzene rings is 1. The second-order valence-corrected chi connectivity index (χ2v) is 6.19. The lowest BCUT2D eigenvalue weighted by atomic mass is 9.95. The normalized spacial score (nSPS) is 26.2. The SMILES string of the molecule is C[C@@H]1CN(C(=O)CN(C)Cc2ccccc2)C[C@]1(C)O. The molecule has 0 bridgehead atoms. The Kier molecular flexibility index (Phi) is 4.45. The van der Waals surface area contributed by atoms with Gasteiger partial charge in [-0.05, 0) is 19.5 Å². The van der Waals surface area contributed by atoms with E-state index < -0.39 is 5.60 Å². The van der Waals surface area contributed by atoms with Crippen LogP contribution < -0.4 is 0 Å². The van der Waals surface area contributed by atoms with Crippen molar-refractivity contribution in [3.8, 4) is 0 Å². The third-order valence-corrected chi connectivity index (χ3v) is 4.12. The molecule has 0 spiro atoms. The minimum Gasteiger partial charge on any atom is -0.388 e. The molecular formula is C16H24N2O2. The summed E-state index contributed by atoms with van der Waals surface area (Å²) in [6.07, 6.45) is 0. The number of β-amino-alcohol motifs (C(OH)–C–C–N with tert-alkyl or cyclic N) is 1. The first-order valence-electron chi connectivity index (χ1n) is 7.11. The molecule has 110 valence electrons. The fraction of sp³-hybridized carbons (Fsp3) is 0.562. The van der Waals surface area contributed by atoms with E-state index in [2.05, 4.69) is 12.1 Å². The number of rotatable bonds is 4. The number of hydrogen-bond donors (Lipinski definition) is 1. The van der Waals surface area contributed by atoms with E-state index in [1.165, 1.54) is 5.56 Å². The van der Waals surface area contributed by atoms with Crippen LogP contribution in [-0.4, -0.2) is 53.1 Å². The first-order valence-corrected chi connectivity index (χ1v) is 7.11. The fourth-order valence-corrected chi connectivity index (χ4v) is 2.61. The largest absolute Gasteiger partial charge is 0.388 e. The first-order chi connectivity index (χ1) is 9.38. The number of aliphatic hydroxyl groups is 1. The smallest absolute Gasteiger partial charge is 0.236 e. The minimum absolute atomic E-state index is 0.0908. The molecule has 1 fully saturated rings. The number of carbonyl (C=O) groups excluding carboxylic acids is 1. The molecule has 20 heavy (non-hydrogen) atoms. The fourth-order valence-electron chi connectivity index (χ4n) is 2.61. The van der Waals surface area contributed by atoms with Gasteiger partial charge in [0.15, 0.2) is 0 Å². The van der Waals surface area contributed by atoms with Gasteiger partial charge in [0.2, 0.25) is 5.91 Å². The average molecular weight is 276 g/mol. The van der Waals surface area contributed by atoms with Crippen LogP contribution in [0.25, 0.3) is 0 Å². The summed E-state index contributed by atoms with van der Waals surface area (Å²) in [5, 5.41) is 10.1. The van der Waals surface area contributed by atoms with Gasteiger partial charge in [0.1, 0.15) is 0 Å². The van der Waals surface area contributed by atoms with Crippen LogP contribution in [-0.2, 0) is 11.3 Å². The molecule has 2 atom stereocenters. The summed E-state index contributed by atoms with van der Waals surface area (Å²) in [5.74, 6) is 0.221. The summed E-state index contributed by atoms with van der Waals surface area (Å²) >= 11 is 0. The highest BCUT2D eigenvalue weighted by atomic mass is 16.3. The molecule has 2 rings (SSSR count). The van der Waals surface area contributed by atoms with Crippen molar-refractivity contribution in [2.24, 2.45) is 5.92 Å². The molecule has 0 aliphatic carbocycles. The number of likely N-dealkylation sites (tertiary alicyclic amines) is 1. The van der Waals surface area contributed by atoms with Crippen LogP contribution in [0.2, 0.25) is 0 Å². The van der Waals surface area contributed by atoms with Crippen molar-refractivity contribution in [2.45, 2.75) is 26.0 Å². The van der Waals surface area contributed by atoms with E-state index >= 15 is 0 Å². The number of carbonyl (C=O) groups is 1. The monoisotopic (exact) mass is 276 g/mol. The van der Waals surface area contributed by atoms with Crippen LogP contribution >= 0.6 is 0 Å². The Morgan fingerprint density at radius 3 is 2.65 bits per heavy atom. The van der Waals surface area contributed by atoms with Gasteiger partial charge in [-0.1, -0.05) is 37.3 Å². The third kappa shape index (κ3) is 3.58. The topological polar surface area (TPSA) is 43.8 Å². The van der Waals surface area contributed by atoms with Gasteiger partial charge in [-0.15, -0.1) is 0 Å². The molecule has 1 N–H and O–H groups in total. The van der Waals surface area contributed by atoms with E-state index in [0.29, 0.717) is 19.6 Å². The second kappa shape index (κ2) is 5.94. The highest BCUT2D eigenvalue weighted by molar-refractivity contribution is 5.78. The van der Waals surface area contributed by atoms with E-state index in [1.807, 2.05) is 37.1 Å². The molecule has 0 unspecified atom stereocenters. The maximum Gasteiger partial charge on any atom is 0.236 e. The van der Waals surface area contributed by atoms with E-state index in [-0.39, 0.29) is 11.8 Å². The lowest BCUT2D eigenvalue weighted by Gasteiger charge is -2.23. The van der Waals surface area contributed by atoms with E-state index in [9.17, 15) is 9.90 Å². The Morgan fingerprint density at radius 1 is 1.45 bits per heavy atom. The van der Waals surface area contributed by atoms with Crippen LogP contribution in [0.4, 0.5) is 0 Å². The Hall–Kier alpha value is -1.39. The number of hydrogen-bond acceptors (Lipinski definition) is 3. The summed E-state index contributed by atoms with van der Waals surface area (Å²) in [6, 6.07) is 10.1. The van der Waals surface area contributed by atoms with Gasteiger partial charge in [-0.25, -0.2) is 0 Å². The molecule has 0 radical (unpaired) electrons. The van der Waals surface area contributed by atoms with Crippen molar-refractivity contribution in [1.82, 2.24) is 9.80 Å². The maximum atomic E-state index is 12.3. The van der Waals surface area contributed by atoms with E-state index in [1.54, 1.807) is 11.8 Å². The molecule has 0 aromatic heterocycles. The molecule has 1 aliphatic heterocycles. The van der Waals surface area contributed by atoms with Gasteiger partial charge in [-0.3, -0.25) is 9.69 Å². The molecule has 1 aromatic rings. The van der Waals surface area contributed by atoms with Gasteiger partial charge in [0.25, 0.3) is 0 Å². The van der Waals surface area contributed by atoms with Gasteiger partial charge >= 0.3 is 0 Å². The van der Waals surface area contributed by atoms with E-state index in [0.717, 1.165) is 6.54 Å². The summed E-state index contributed by atoms with van der Waals surface area (Å²) in [4.78, 5) is 16.0. The Morgan fingerprint density at radius 2 is 2.10 bits per heavy atom. The number of likely N-dealkylation sites (N-methyl/N-ethyl adjacent to an activating group) is 1. The van der Waals surface area contributed by atoms with Crippen molar-refractivity contribution in [1.29, 1.82) is 0 Å². The van der Waals surface area contributed by atoms with Crippen molar-refractivity contribution in [2.75, 3.05) is 26.7 Å². The molecule has 4 heteroatoms. The van der Waals surface area contributed by atoms with Crippen molar-refractivity contribution in [3.63, 3.8) is 0 Å². The Labute approximate surface area is 121 Å². The summed E-state index contributed by atoms with van der Waals surface area (Å²) in [7, 11) is 1.95. The molecule has 1 aliphatic rings. The average Bonchev–Trinajstić information content (AvgIpc) is 2.65. The standard InChI is InChI=1S/C16H24N2O2/c1-13-9-18(12-16(13,2)20)15(19)11-17(3)10-14-7-5-4-6-8-14/h4-8,13,20H,9-12H2,1-3H3/t13-,16+/m1/s1. The molecule has 1 heterocycles. The van der Waals surface area contributed by atoms with Crippen molar-refractivity contribution >= 4 is 5.91 Å². The molecule has 0 saturated carbocycles. The highest BCUT2D eigenvalue weighted by Gasteiger charge is 2.40. The summed E-state index contributed by atoms with van der Waals surface area (Å²) < 4.78 is 0. The van der Waals surface area contributed by atoms with Gasteiger partial charge in [0, 0.05) is 25.6 Å². The summed E-state index contributed by atoms with van der Waals surface area (Å²) in [5.41, 5.74) is 0.442. The molecule has 1 aromatic carbocycles. The lowest BCUT2D eigenvalue weighted by Crippen LogP contribution is -2.39. The zero-order valence-electron chi connectivity index (χ0n) is 12.5. The minimum atomic E-state index is -0.756. The second-order valence-electron chi connectivity index (χ2n) is 6.19. The lowest BCUT2D eigenvalue weighted by molar-refractivity contribution is -0.132. The van der Waals surface area contributed by atoms with Crippen LogP contribution in [0.15, 0.2) is 30.3 Å². The summed E-state index contributed by atoms with van der Waals surface area (Å²) in [6.45, 7) is 6.01. The maximum absolute atomic E-state index is 12.3. The first kappa shape index (κ1) is 15.0. The quantitative estimate of drug-likeness (QED) is 0.903. The predicted octanol–water partition coefficient (Wildman–Crippen LogP) is 1.35. The van der Waals surface area contributed by atoms with Crippen molar-refractivity contribution in [3.05, 3.63) is 35.9 Å². The molecule has 4 nitrogen and oxygen atoms in total. The van der Waals surface area contributed by atoms with Crippen LogP contribution in [0.5, 0.6) is 0 Å². The van der Waals surface area contributed by atoms with Gasteiger partial charge < -0.3 is 10.0 Å². The highest BCUT2D eigenvalue weighted by Crippen LogP contribution is 2.26. The molecule has 1 saturated heterocycles. The number of nitrogens with zero attached hydrogens (tertiary/aromatic N) is 2. The third-order valence-electron chi connectivity index (χ3n) is 4.12. The zero-order chi connectivity index (χ0) is 14.8. The Balaban J connectivity index is 1.86. The van der Waals surface area contributed by atoms with Crippen molar-refractivity contribution < 1.29 is 9.90 Å².